The molecule has 0 N–H and O–H groups in total. The summed E-state index contributed by atoms with van der Waals surface area (Å²) in [6.45, 7) is 4.09. The summed E-state index contributed by atoms with van der Waals surface area (Å²) in [7, 11) is 0. The van der Waals surface area contributed by atoms with Crippen LogP contribution in [-0.2, 0) is 0 Å². The molecule has 62 valence electrons. The van der Waals surface area contributed by atoms with Crippen LogP contribution >= 0.6 is 0 Å². The molecule has 0 aliphatic carbocycles. The minimum Gasteiger partial charge on any atom is -0.235 e. The fraction of sp³-hybridized carbons (Fsp3) is 0.429. The smallest absolute Gasteiger partial charge is 0.195 e. The maximum atomic E-state index is 4.22. The first-order valence-electron chi connectivity index (χ1n) is 3.80. The van der Waals surface area contributed by atoms with Gasteiger partial charge < -0.3 is 0 Å². The van der Waals surface area contributed by atoms with Gasteiger partial charge in [-0.3, -0.25) is 0 Å². The number of rotatable bonds is 1. The molecule has 0 atom stereocenters. The molecular formula is C7H9N5. The SMILES string of the molecule is CC(C)c1ncc2nncn2n1. The fourth-order valence-electron chi connectivity index (χ4n) is 0.925. The van der Waals surface area contributed by atoms with E-state index < -0.39 is 0 Å². The lowest BCUT2D eigenvalue weighted by molar-refractivity contribution is 0.717. The van der Waals surface area contributed by atoms with E-state index in [0.717, 1.165) is 5.82 Å². The van der Waals surface area contributed by atoms with Crippen molar-refractivity contribution in [1.29, 1.82) is 0 Å². The Morgan fingerprint density at radius 1 is 1.42 bits per heavy atom. The summed E-state index contributed by atoms with van der Waals surface area (Å²) in [4.78, 5) is 4.14. The molecule has 0 aliphatic rings. The highest BCUT2D eigenvalue weighted by Gasteiger charge is 2.03. The van der Waals surface area contributed by atoms with E-state index in [0.29, 0.717) is 11.6 Å². The zero-order valence-electron chi connectivity index (χ0n) is 6.97. The predicted octanol–water partition coefficient (Wildman–Crippen LogP) is 0.643. The maximum absolute atomic E-state index is 4.22. The third kappa shape index (κ3) is 1.03. The van der Waals surface area contributed by atoms with Crippen molar-refractivity contribution in [2.24, 2.45) is 0 Å². The molecule has 0 saturated carbocycles. The Kier molecular flexibility index (Phi) is 1.49. The van der Waals surface area contributed by atoms with Crippen molar-refractivity contribution in [3.63, 3.8) is 0 Å². The van der Waals surface area contributed by atoms with E-state index in [-0.39, 0.29) is 0 Å². The Hall–Kier alpha value is -1.52. The van der Waals surface area contributed by atoms with Gasteiger partial charge >= 0.3 is 0 Å². The Bertz CT molecular complexity index is 391. The topological polar surface area (TPSA) is 56.0 Å². The van der Waals surface area contributed by atoms with E-state index in [4.69, 9.17) is 0 Å². The molecule has 0 amide bonds. The van der Waals surface area contributed by atoms with E-state index in [9.17, 15) is 0 Å². The average Bonchev–Trinajstić information content (AvgIpc) is 2.49. The van der Waals surface area contributed by atoms with Crippen molar-refractivity contribution in [3.8, 4) is 0 Å². The maximum Gasteiger partial charge on any atom is 0.195 e. The monoisotopic (exact) mass is 163 g/mol. The number of nitrogens with zero attached hydrogens (tertiary/aromatic N) is 5. The molecule has 0 aromatic carbocycles. The molecule has 2 aromatic rings. The molecule has 0 fully saturated rings. The lowest BCUT2D eigenvalue weighted by Gasteiger charge is -2.00. The van der Waals surface area contributed by atoms with Gasteiger partial charge in [0.1, 0.15) is 6.33 Å². The van der Waals surface area contributed by atoms with Gasteiger partial charge in [0.15, 0.2) is 11.5 Å². The minimum atomic E-state index is 0.330. The third-order valence-electron chi connectivity index (χ3n) is 1.59. The molecule has 0 aliphatic heterocycles. The zero-order chi connectivity index (χ0) is 8.55. The Balaban J connectivity index is 2.60. The predicted molar refractivity (Wildman–Crippen MR) is 42.7 cm³/mol. The van der Waals surface area contributed by atoms with Gasteiger partial charge in [0.05, 0.1) is 6.20 Å². The molecule has 0 radical (unpaired) electrons. The van der Waals surface area contributed by atoms with Gasteiger partial charge in [-0.05, 0) is 0 Å². The summed E-state index contributed by atoms with van der Waals surface area (Å²) in [6.07, 6.45) is 3.25. The van der Waals surface area contributed by atoms with Crippen LogP contribution in [0.3, 0.4) is 0 Å². The number of hydrogen-bond donors (Lipinski definition) is 0. The van der Waals surface area contributed by atoms with Crippen molar-refractivity contribution >= 4 is 5.65 Å². The van der Waals surface area contributed by atoms with E-state index in [1.54, 1.807) is 17.0 Å². The van der Waals surface area contributed by atoms with Crippen molar-refractivity contribution < 1.29 is 0 Å². The van der Waals surface area contributed by atoms with Crippen molar-refractivity contribution in [1.82, 2.24) is 24.8 Å². The Morgan fingerprint density at radius 3 is 3.00 bits per heavy atom. The standard InChI is InChI=1S/C7H9N5/c1-5(2)7-8-3-6-10-9-4-12(6)11-7/h3-5H,1-2H3. The van der Waals surface area contributed by atoms with Gasteiger partial charge in [-0.15, -0.1) is 15.3 Å². The van der Waals surface area contributed by atoms with Crippen LogP contribution in [-0.4, -0.2) is 24.8 Å². The minimum absolute atomic E-state index is 0.330. The van der Waals surface area contributed by atoms with Gasteiger partial charge in [-0.2, -0.15) is 4.52 Å². The van der Waals surface area contributed by atoms with Gasteiger partial charge in [0, 0.05) is 5.92 Å². The summed E-state index contributed by atoms with van der Waals surface area (Å²) >= 11 is 0. The van der Waals surface area contributed by atoms with Gasteiger partial charge in [-0.25, -0.2) is 4.98 Å². The quantitative estimate of drug-likeness (QED) is 0.619. The molecule has 2 aromatic heterocycles. The second-order valence-corrected chi connectivity index (χ2v) is 2.90. The second kappa shape index (κ2) is 2.51. The molecule has 5 heteroatoms. The van der Waals surface area contributed by atoms with Gasteiger partial charge in [0.25, 0.3) is 0 Å². The van der Waals surface area contributed by atoms with Crippen LogP contribution in [0.1, 0.15) is 25.6 Å². The van der Waals surface area contributed by atoms with Crippen molar-refractivity contribution in [2.45, 2.75) is 19.8 Å². The summed E-state index contributed by atoms with van der Waals surface area (Å²) in [6, 6.07) is 0. The number of fused-ring (bicyclic) bond motifs is 1. The highest BCUT2D eigenvalue weighted by molar-refractivity contribution is 5.30. The van der Waals surface area contributed by atoms with Crippen LogP contribution < -0.4 is 0 Å². The molecule has 0 unspecified atom stereocenters. The molecule has 0 bridgehead atoms. The average molecular weight is 163 g/mol. The molecule has 12 heavy (non-hydrogen) atoms. The highest BCUT2D eigenvalue weighted by atomic mass is 15.4. The molecule has 2 heterocycles. The molecular weight excluding hydrogens is 154 g/mol. The highest BCUT2D eigenvalue weighted by Crippen LogP contribution is 2.06. The second-order valence-electron chi connectivity index (χ2n) is 2.90. The Morgan fingerprint density at radius 2 is 2.25 bits per heavy atom. The van der Waals surface area contributed by atoms with E-state index in [1.165, 1.54) is 0 Å². The molecule has 5 nitrogen and oxygen atoms in total. The lowest BCUT2D eigenvalue weighted by atomic mass is 10.2. The van der Waals surface area contributed by atoms with E-state index in [1.807, 2.05) is 13.8 Å². The molecule has 2 rings (SSSR count). The first-order chi connectivity index (χ1) is 5.77. The summed E-state index contributed by atoms with van der Waals surface area (Å²) in [5, 5.41) is 11.7. The van der Waals surface area contributed by atoms with Crippen LogP contribution in [0.4, 0.5) is 0 Å². The number of hydrogen-bond acceptors (Lipinski definition) is 4. The Labute approximate surface area is 69.5 Å². The van der Waals surface area contributed by atoms with Crippen LogP contribution in [0.2, 0.25) is 0 Å². The first-order valence-corrected chi connectivity index (χ1v) is 3.80. The van der Waals surface area contributed by atoms with Gasteiger partial charge in [-0.1, -0.05) is 13.8 Å². The van der Waals surface area contributed by atoms with E-state index >= 15 is 0 Å². The third-order valence-corrected chi connectivity index (χ3v) is 1.59. The van der Waals surface area contributed by atoms with Crippen LogP contribution in [0.5, 0.6) is 0 Å². The molecule has 0 saturated heterocycles. The van der Waals surface area contributed by atoms with Gasteiger partial charge in [0.2, 0.25) is 0 Å². The zero-order valence-corrected chi connectivity index (χ0v) is 6.97. The fourth-order valence-corrected chi connectivity index (χ4v) is 0.925. The van der Waals surface area contributed by atoms with Crippen LogP contribution in [0.25, 0.3) is 5.65 Å². The molecule has 0 spiro atoms. The summed E-state index contributed by atoms with van der Waals surface area (Å²) in [5.74, 6) is 1.14. The van der Waals surface area contributed by atoms with Crippen LogP contribution in [0, 0.1) is 0 Å². The van der Waals surface area contributed by atoms with Crippen molar-refractivity contribution in [2.75, 3.05) is 0 Å². The van der Waals surface area contributed by atoms with E-state index in [2.05, 4.69) is 20.3 Å². The first kappa shape index (κ1) is 7.15. The van der Waals surface area contributed by atoms with Crippen molar-refractivity contribution in [3.05, 3.63) is 18.3 Å². The number of aromatic nitrogens is 5. The summed E-state index contributed by atoms with van der Waals surface area (Å²) in [5.41, 5.74) is 0.680. The van der Waals surface area contributed by atoms with Crippen LogP contribution in [0.15, 0.2) is 12.5 Å². The lowest BCUT2D eigenvalue weighted by Crippen LogP contribution is -2.02. The largest absolute Gasteiger partial charge is 0.235 e. The normalized spacial score (nSPS) is 11.2. The summed E-state index contributed by atoms with van der Waals surface area (Å²) < 4.78 is 1.63.